The largest absolute Gasteiger partial charge is 0.375 e. The molecule has 0 aliphatic carbocycles. The van der Waals surface area contributed by atoms with Crippen molar-refractivity contribution in [2.45, 2.75) is 38.3 Å². The Bertz CT molecular complexity index is 529. The van der Waals surface area contributed by atoms with Crippen molar-refractivity contribution in [3.8, 4) is 0 Å². The molecule has 0 bridgehead atoms. The summed E-state index contributed by atoms with van der Waals surface area (Å²) in [6, 6.07) is 0.432. The molecule has 1 fully saturated rings. The van der Waals surface area contributed by atoms with Crippen molar-refractivity contribution in [3.05, 3.63) is 11.1 Å². The second-order valence-electron chi connectivity index (χ2n) is 5.24. The first kappa shape index (κ1) is 15.7. The summed E-state index contributed by atoms with van der Waals surface area (Å²) in [4.78, 5) is 7.67. The lowest BCUT2D eigenvalue weighted by atomic mass is 9.99. The fourth-order valence-corrected chi connectivity index (χ4v) is 3.80. The molecule has 114 valence electrons. The lowest BCUT2D eigenvalue weighted by Gasteiger charge is -2.35. The third-order valence-electron chi connectivity index (χ3n) is 3.52. The highest BCUT2D eigenvalue weighted by molar-refractivity contribution is 7.88. The van der Waals surface area contributed by atoms with Gasteiger partial charge in [0.1, 0.15) is 0 Å². The predicted molar refractivity (Wildman–Crippen MR) is 82.0 cm³/mol. The molecule has 0 saturated carbocycles. The van der Waals surface area contributed by atoms with Crippen LogP contribution in [0.25, 0.3) is 0 Å². The molecule has 1 aliphatic rings. The van der Waals surface area contributed by atoms with E-state index in [2.05, 4.69) is 14.6 Å². The van der Waals surface area contributed by atoms with Gasteiger partial charge in [-0.25, -0.2) is 18.1 Å². The molecule has 1 saturated heterocycles. The van der Waals surface area contributed by atoms with Crippen molar-refractivity contribution in [1.82, 2.24) is 14.6 Å². The molecule has 0 spiro atoms. The van der Waals surface area contributed by atoms with Crippen LogP contribution in [0.2, 0.25) is 0 Å². The molecule has 1 unspecified atom stereocenters. The number of rotatable bonds is 6. The second-order valence-corrected chi connectivity index (χ2v) is 8.22. The lowest BCUT2D eigenvalue weighted by molar-refractivity contribution is 0.134. The summed E-state index contributed by atoms with van der Waals surface area (Å²) in [5.41, 5.74) is 5.66. The zero-order valence-corrected chi connectivity index (χ0v) is 13.3. The van der Waals surface area contributed by atoms with Gasteiger partial charge in [0, 0.05) is 30.2 Å². The Morgan fingerprint density at radius 2 is 2.35 bits per heavy atom. The minimum Gasteiger partial charge on any atom is -0.375 e. The number of sulfonamides is 1. The van der Waals surface area contributed by atoms with Gasteiger partial charge in [0.25, 0.3) is 0 Å². The fraction of sp³-hybridized carbons (Fsp3) is 0.750. The van der Waals surface area contributed by atoms with Crippen molar-refractivity contribution in [2.24, 2.45) is 0 Å². The summed E-state index contributed by atoms with van der Waals surface area (Å²) in [5.74, 6) is 0. The molecule has 0 radical (unpaired) electrons. The smallest absolute Gasteiger partial charge is 0.208 e. The maximum Gasteiger partial charge on any atom is 0.208 e. The molecule has 6 nitrogen and oxygen atoms in total. The van der Waals surface area contributed by atoms with E-state index in [1.807, 2.05) is 6.20 Å². The molecule has 20 heavy (non-hydrogen) atoms. The lowest BCUT2D eigenvalue weighted by Crippen LogP contribution is -2.40. The van der Waals surface area contributed by atoms with Crippen LogP contribution < -0.4 is 10.5 Å². The fourth-order valence-electron chi connectivity index (χ4n) is 2.60. The number of nitrogens with two attached hydrogens (primary N) is 1. The Morgan fingerprint density at radius 3 is 3.00 bits per heavy atom. The number of nitrogen functional groups attached to an aromatic ring is 1. The summed E-state index contributed by atoms with van der Waals surface area (Å²) < 4.78 is 24.8. The van der Waals surface area contributed by atoms with E-state index in [1.54, 1.807) is 0 Å². The Balaban J connectivity index is 1.88. The summed E-state index contributed by atoms with van der Waals surface area (Å²) in [6.45, 7) is 2.42. The van der Waals surface area contributed by atoms with E-state index in [0.717, 1.165) is 25.9 Å². The van der Waals surface area contributed by atoms with Crippen LogP contribution in [0.1, 0.15) is 30.6 Å². The van der Waals surface area contributed by atoms with Crippen LogP contribution >= 0.6 is 11.3 Å². The van der Waals surface area contributed by atoms with E-state index >= 15 is 0 Å². The third kappa shape index (κ3) is 5.01. The minimum atomic E-state index is -3.09. The maximum absolute atomic E-state index is 11.1. The van der Waals surface area contributed by atoms with E-state index in [1.165, 1.54) is 35.3 Å². The number of thiazole rings is 1. The zero-order chi connectivity index (χ0) is 14.6. The molecule has 3 N–H and O–H groups in total. The van der Waals surface area contributed by atoms with Crippen LogP contribution in [0.15, 0.2) is 6.20 Å². The highest BCUT2D eigenvalue weighted by Crippen LogP contribution is 2.24. The van der Waals surface area contributed by atoms with Gasteiger partial charge < -0.3 is 5.73 Å². The molecule has 8 heteroatoms. The monoisotopic (exact) mass is 318 g/mol. The number of nitrogens with zero attached hydrogens (tertiary/aromatic N) is 2. The first-order valence-corrected chi connectivity index (χ1v) is 9.54. The van der Waals surface area contributed by atoms with Gasteiger partial charge in [0.05, 0.1) is 6.26 Å². The van der Waals surface area contributed by atoms with Gasteiger partial charge in [0.2, 0.25) is 10.0 Å². The van der Waals surface area contributed by atoms with Gasteiger partial charge in [-0.2, -0.15) is 0 Å². The van der Waals surface area contributed by atoms with E-state index in [9.17, 15) is 8.42 Å². The highest BCUT2D eigenvalue weighted by atomic mass is 32.2. The number of piperidine rings is 1. The van der Waals surface area contributed by atoms with Crippen molar-refractivity contribution >= 4 is 26.5 Å². The van der Waals surface area contributed by atoms with E-state index < -0.39 is 10.0 Å². The molecule has 0 amide bonds. The number of aromatic nitrogens is 1. The number of hydrogen-bond acceptors (Lipinski definition) is 6. The van der Waals surface area contributed by atoms with Gasteiger partial charge in [-0.05, 0) is 25.8 Å². The maximum atomic E-state index is 11.1. The summed E-state index contributed by atoms with van der Waals surface area (Å²) >= 11 is 1.53. The van der Waals surface area contributed by atoms with Crippen LogP contribution in [0.4, 0.5) is 5.13 Å². The Hall–Kier alpha value is -0.700. The predicted octanol–water partition coefficient (Wildman–Crippen LogP) is 1.02. The van der Waals surface area contributed by atoms with Gasteiger partial charge in [0.15, 0.2) is 5.13 Å². The van der Waals surface area contributed by atoms with Crippen molar-refractivity contribution in [3.63, 3.8) is 0 Å². The second kappa shape index (κ2) is 6.84. The molecule has 1 atom stereocenters. The van der Waals surface area contributed by atoms with Crippen molar-refractivity contribution in [2.75, 3.05) is 25.1 Å². The van der Waals surface area contributed by atoms with Crippen molar-refractivity contribution in [1.29, 1.82) is 0 Å². The van der Waals surface area contributed by atoms with E-state index in [4.69, 9.17) is 5.73 Å². The van der Waals surface area contributed by atoms with E-state index in [-0.39, 0.29) is 0 Å². The van der Waals surface area contributed by atoms with Crippen molar-refractivity contribution < 1.29 is 8.42 Å². The standard InChI is InChI=1S/C12H22N4O2S2/c1-20(17,18)15-6-5-10-4-2-3-7-16(10)9-11-8-14-12(13)19-11/h8,10,15H,2-7,9H2,1H3,(H2,13,14). The van der Waals surface area contributed by atoms with Crippen LogP contribution in [0.3, 0.4) is 0 Å². The normalized spacial score (nSPS) is 21.1. The van der Waals surface area contributed by atoms with Crippen LogP contribution in [-0.4, -0.2) is 43.7 Å². The van der Waals surface area contributed by atoms with Gasteiger partial charge in [-0.1, -0.05) is 6.42 Å². The number of anilines is 1. The molecular weight excluding hydrogens is 296 g/mol. The molecule has 1 aromatic heterocycles. The molecule has 2 rings (SSSR count). The molecule has 2 heterocycles. The number of nitrogens with one attached hydrogen (secondary N) is 1. The number of likely N-dealkylation sites (tertiary alicyclic amines) is 1. The summed E-state index contributed by atoms with van der Waals surface area (Å²) in [6.07, 6.45) is 7.42. The molecule has 0 aromatic carbocycles. The average molecular weight is 318 g/mol. The molecule has 1 aliphatic heterocycles. The first-order chi connectivity index (χ1) is 9.44. The molecular formula is C12H22N4O2S2. The first-order valence-electron chi connectivity index (χ1n) is 6.83. The zero-order valence-electron chi connectivity index (χ0n) is 11.7. The Morgan fingerprint density at radius 1 is 1.55 bits per heavy atom. The van der Waals surface area contributed by atoms with Crippen LogP contribution in [-0.2, 0) is 16.6 Å². The van der Waals surface area contributed by atoms with E-state index in [0.29, 0.717) is 17.7 Å². The Labute approximate surface area is 124 Å². The average Bonchev–Trinajstić information content (AvgIpc) is 2.75. The third-order valence-corrected chi connectivity index (χ3v) is 5.06. The minimum absolute atomic E-state index is 0.432. The van der Waals surface area contributed by atoms with Gasteiger partial charge in [-0.3, -0.25) is 4.90 Å². The quantitative estimate of drug-likeness (QED) is 0.817. The summed E-state index contributed by atoms with van der Waals surface area (Å²) in [5, 5.41) is 0.604. The van der Waals surface area contributed by atoms with Crippen LogP contribution in [0.5, 0.6) is 0 Å². The molecule has 1 aromatic rings. The van der Waals surface area contributed by atoms with Gasteiger partial charge in [-0.15, -0.1) is 11.3 Å². The van der Waals surface area contributed by atoms with Gasteiger partial charge >= 0.3 is 0 Å². The topological polar surface area (TPSA) is 88.3 Å². The highest BCUT2D eigenvalue weighted by Gasteiger charge is 2.23. The number of hydrogen-bond donors (Lipinski definition) is 2. The Kier molecular flexibility index (Phi) is 5.36. The van der Waals surface area contributed by atoms with Crippen LogP contribution in [0, 0.1) is 0 Å². The summed E-state index contributed by atoms with van der Waals surface area (Å²) in [7, 11) is -3.09. The SMILES string of the molecule is CS(=O)(=O)NCCC1CCCCN1Cc1cnc(N)s1.